The summed E-state index contributed by atoms with van der Waals surface area (Å²) >= 11 is 3.50. The maximum atomic E-state index is 13.2. The summed E-state index contributed by atoms with van der Waals surface area (Å²) in [6.45, 7) is 1.72. The molecule has 7 heteroatoms. The molecule has 0 spiro atoms. The molecule has 0 fully saturated rings. The molecular formula is C25H17BrN4O2. The number of aromatic nitrogens is 2. The van der Waals surface area contributed by atoms with Crippen LogP contribution in [0.4, 0.5) is 5.69 Å². The van der Waals surface area contributed by atoms with Gasteiger partial charge in [-0.3, -0.25) is 14.0 Å². The minimum Gasteiger partial charge on any atom is -0.339 e. The number of para-hydroxylation sites is 1. The molecule has 5 rings (SSSR count). The molecule has 1 N–H and O–H groups in total. The number of carbonyl (C=O) groups excluding carboxylic acids is 1. The van der Waals surface area contributed by atoms with E-state index in [1.54, 1.807) is 29.5 Å². The Kier molecular flexibility index (Phi) is 5.03. The average molecular weight is 485 g/mol. The fraction of sp³-hybridized carbons (Fsp3) is 0.0400. The van der Waals surface area contributed by atoms with Crippen LogP contribution in [0, 0.1) is 0 Å². The number of nitrogens with zero attached hydrogens (tertiary/aromatic N) is 3. The predicted octanol–water partition coefficient (Wildman–Crippen LogP) is 6.57. The van der Waals surface area contributed by atoms with Crippen LogP contribution in [0.15, 0.2) is 104 Å². The minimum atomic E-state index is -0.143. The van der Waals surface area contributed by atoms with Crippen molar-refractivity contribution in [3.8, 4) is 0 Å². The van der Waals surface area contributed by atoms with Gasteiger partial charge in [-0.1, -0.05) is 58.4 Å². The molecule has 5 aromatic rings. The molecule has 0 radical (unpaired) electrons. The SMILES string of the molecule is CC(=CC(=O)c1ccccc1)N=Nc1c2cc(Br)ccc2n2c(=O)c3ccccc3[nH]c12. The van der Waals surface area contributed by atoms with Gasteiger partial charge < -0.3 is 4.98 Å². The molecule has 156 valence electrons. The van der Waals surface area contributed by atoms with Crippen LogP contribution in [0.2, 0.25) is 0 Å². The molecule has 0 bridgehead atoms. The number of carbonyl (C=O) groups is 1. The topological polar surface area (TPSA) is 79.1 Å². The summed E-state index contributed by atoms with van der Waals surface area (Å²) in [6, 6.07) is 22.0. The van der Waals surface area contributed by atoms with Crippen molar-refractivity contribution in [2.75, 3.05) is 0 Å². The van der Waals surface area contributed by atoms with Crippen LogP contribution in [-0.2, 0) is 0 Å². The molecule has 6 nitrogen and oxygen atoms in total. The van der Waals surface area contributed by atoms with Gasteiger partial charge in [0.1, 0.15) is 11.3 Å². The van der Waals surface area contributed by atoms with Crippen molar-refractivity contribution in [3.63, 3.8) is 0 Å². The van der Waals surface area contributed by atoms with E-state index in [1.807, 2.05) is 54.6 Å². The van der Waals surface area contributed by atoms with Crippen molar-refractivity contribution in [2.45, 2.75) is 6.92 Å². The average Bonchev–Trinajstić information content (AvgIpc) is 3.11. The van der Waals surface area contributed by atoms with Gasteiger partial charge in [0.2, 0.25) is 0 Å². The Bertz CT molecular complexity index is 1630. The number of allylic oxidation sites excluding steroid dienone is 2. The third-order valence-corrected chi connectivity index (χ3v) is 5.72. The molecule has 2 aromatic heterocycles. The van der Waals surface area contributed by atoms with E-state index in [0.29, 0.717) is 28.0 Å². The zero-order valence-corrected chi connectivity index (χ0v) is 18.6. The van der Waals surface area contributed by atoms with Gasteiger partial charge in [0.05, 0.1) is 22.1 Å². The summed E-state index contributed by atoms with van der Waals surface area (Å²) in [4.78, 5) is 29.0. The number of ketones is 1. The van der Waals surface area contributed by atoms with E-state index >= 15 is 0 Å². The molecule has 0 aliphatic heterocycles. The molecule has 0 atom stereocenters. The number of rotatable bonds is 4. The van der Waals surface area contributed by atoms with Crippen LogP contribution in [0.3, 0.4) is 0 Å². The van der Waals surface area contributed by atoms with Gasteiger partial charge in [0.15, 0.2) is 5.78 Å². The maximum Gasteiger partial charge on any atom is 0.266 e. The molecule has 32 heavy (non-hydrogen) atoms. The highest BCUT2D eigenvalue weighted by Crippen LogP contribution is 2.35. The van der Waals surface area contributed by atoms with E-state index in [4.69, 9.17) is 0 Å². The van der Waals surface area contributed by atoms with Gasteiger partial charge in [0.25, 0.3) is 5.56 Å². The second-order valence-corrected chi connectivity index (χ2v) is 8.30. The highest BCUT2D eigenvalue weighted by molar-refractivity contribution is 9.10. The number of hydrogen-bond donors (Lipinski definition) is 1. The van der Waals surface area contributed by atoms with Crippen molar-refractivity contribution >= 4 is 54.9 Å². The van der Waals surface area contributed by atoms with Crippen LogP contribution in [0.5, 0.6) is 0 Å². The Hall–Kier alpha value is -3.84. The summed E-state index contributed by atoms with van der Waals surface area (Å²) in [7, 11) is 0. The van der Waals surface area contributed by atoms with Crippen molar-refractivity contribution < 1.29 is 4.79 Å². The molecule has 0 saturated carbocycles. The number of halogens is 1. The number of aromatic amines is 1. The number of benzene rings is 3. The highest BCUT2D eigenvalue weighted by atomic mass is 79.9. The molecule has 2 heterocycles. The smallest absolute Gasteiger partial charge is 0.266 e. The van der Waals surface area contributed by atoms with Gasteiger partial charge in [-0.15, -0.1) is 5.11 Å². The number of fused-ring (bicyclic) bond motifs is 4. The Morgan fingerprint density at radius 1 is 1.00 bits per heavy atom. The number of nitrogens with one attached hydrogen (secondary N) is 1. The van der Waals surface area contributed by atoms with E-state index in [2.05, 4.69) is 31.1 Å². The van der Waals surface area contributed by atoms with Crippen molar-refractivity contribution in [1.82, 2.24) is 9.38 Å². The molecule has 3 aromatic carbocycles. The number of hydrogen-bond acceptors (Lipinski definition) is 4. The molecule has 0 aliphatic rings. The summed E-state index contributed by atoms with van der Waals surface area (Å²) in [6.07, 6.45) is 1.45. The first-order valence-corrected chi connectivity index (χ1v) is 10.8. The Morgan fingerprint density at radius 2 is 1.75 bits per heavy atom. The third-order valence-electron chi connectivity index (χ3n) is 5.22. The Balaban J connectivity index is 1.69. The van der Waals surface area contributed by atoms with Crippen LogP contribution < -0.4 is 5.56 Å². The predicted molar refractivity (Wildman–Crippen MR) is 130 cm³/mol. The molecule has 0 saturated heterocycles. The number of H-pyrrole nitrogens is 1. The van der Waals surface area contributed by atoms with Crippen LogP contribution in [-0.4, -0.2) is 15.2 Å². The first-order chi connectivity index (χ1) is 15.5. The van der Waals surface area contributed by atoms with E-state index < -0.39 is 0 Å². The number of azo groups is 1. The summed E-state index contributed by atoms with van der Waals surface area (Å²) in [5, 5.41) is 10.1. The first-order valence-electron chi connectivity index (χ1n) is 9.97. The summed E-state index contributed by atoms with van der Waals surface area (Å²) in [5.41, 5.74) is 3.44. The van der Waals surface area contributed by atoms with Gasteiger partial charge >= 0.3 is 0 Å². The monoisotopic (exact) mass is 484 g/mol. The lowest BCUT2D eigenvalue weighted by Crippen LogP contribution is -2.13. The van der Waals surface area contributed by atoms with Crippen molar-refractivity contribution in [1.29, 1.82) is 0 Å². The molecule has 0 amide bonds. The fourth-order valence-electron chi connectivity index (χ4n) is 3.73. The van der Waals surface area contributed by atoms with Gasteiger partial charge in [0, 0.05) is 21.5 Å². The van der Waals surface area contributed by atoms with Gasteiger partial charge in [-0.25, -0.2) is 0 Å². The van der Waals surface area contributed by atoms with E-state index in [0.717, 1.165) is 20.9 Å². The van der Waals surface area contributed by atoms with E-state index in [-0.39, 0.29) is 11.3 Å². The van der Waals surface area contributed by atoms with Crippen LogP contribution >= 0.6 is 15.9 Å². The lowest BCUT2D eigenvalue weighted by atomic mass is 10.1. The third kappa shape index (κ3) is 3.46. The summed E-state index contributed by atoms with van der Waals surface area (Å²) < 4.78 is 2.48. The van der Waals surface area contributed by atoms with Crippen molar-refractivity contribution in [3.05, 3.63) is 105 Å². The van der Waals surface area contributed by atoms with Crippen LogP contribution in [0.1, 0.15) is 17.3 Å². The molecule has 0 unspecified atom stereocenters. The lowest BCUT2D eigenvalue weighted by molar-refractivity contribution is 0.104. The minimum absolute atomic E-state index is 0.130. The standard InChI is InChI=1S/C25H17BrN4O2/c1-15(13-22(31)16-7-3-2-4-8-16)28-29-23-19-14-17(26)11-12-21(19)30-24(23)27-20-10-6-5-9-18(20)25(30)32/h2-14,27H,1H3. The first kappa shape index (κ1) is 20.1. The quantitative estimate of drug-likeness (QED) is 0.178. The molecule has 0 aliphatic carbocycles. The van der Waals surface area contributed by atoms with E-state index in [1.165, 1.54) is 6.08 Å². The Morgan fingerprint density at radius 3 is 2.56 bits per heavy atom. The fourth-order valence-corrected chi connectivity index (χ4v) is 4.10. The normalized spacial score (nSPS) is 12.4. The van der Waals surface area contributed by atoms with Crippen molar-refractivity contribution in [2.24, 2.45) is 10.2 Å². The zero-order chi connectivity index (χ0) is 22.2. The highest BCUT2D eigenvalue weighted by Gasteiger charge is 2.16. The largest absolute Gasteiger partial charge is 0.339 e. The Labute approximate surface area is 191 Å². The second kappa shape index (κ2) is 8.01. The second-order valence-electron chi connectivity index (χ2n) is 7.39. The maximum absolute atomic E-state index is 13.2. The molecular weight excluding hydrogens is 468 g/mol. The van der Waals surface area contributed by atoms with Gasteiger partial charge in [-0.2, -0.15) is 5.11 Å². The van der Waals surface area contributed by atoms with E-state index in [9.17, 15) is 9.59 Å². The lowest BCUT2D eigenvalue weighted by Gasteiger charge is -2.01. The van der Waals surface area contributed by atoms with Gasteiger partial charge in [-0.05, 0) is 37.3 Å². The zero-order valence-electron chi connectivity index (χ0n) is 17.0. The van der Waals surface area contributed by atoms with Crippen LogP contribution in [0.25, 0.3) is 27.5 Å². The summed E-state index contributed by atoms with van der Waals surface area (Å²) in [5.74, 6) is -0.143.